The summed E-state index contributed by atoms with van der Waals surface area (Å²) in [7, 11) is 0. The van der Waals surface area contributed by atoms with Gasteiger partial charge in [-0.05, 0) is 32.0 Å². The second-order valence-corrected chi connectivity index (χ2v) is 3.15. The van der Waals surface area contributed by atoms with E-state index in [4.69, 9.17) is 4.42 Å². The molecule has 14 heavy (non-hydrogen) atoms. The van der Waals surface area contributed by atoms with Crippen LogP contribution in [0.1, 0.15) is 38.5 Å². The van der Waals surface area contributed by atoms with Crippen LogP contribution in [0.2, 0.25) is 0 Å². The van der Waals surface area contributed by atoms with Gasteiger partial charge in [0.1, 0.15) is 5.76 Å². The van der Waals surface area contributed by atoms with Crippen molar-refractivity contribution in [2.24, 2.45) is 0 Å². The molecule has 1 aromatic rings. The first-order valence-electron chi connectivity index (χ1n) is 5.04. The lowest BCUT2D eigenvalue weighted by Crippen LogP contribution is -2.21. The predicted molar refractivity (Wildman–Crippen MR) is 57.8 cm³/mol. The van der Waals surface area contributed by atoms with Gasteiger partial charge in [-0.15, -0.1) is 11.8 Å². The Morgan fingerprint density at radius 1 is 1.57 bits per heavy atom. The minimum atomic E-state index is 0.234. The molecular weight excluding hydrogens is 174 g/mol. The Morgan fingerprint density at radius 2 is 2.43 bits per heavy atom. The third-order valence-corrected chi connectivity index (χ3v) is 2.01. The summed E-state index contributed by atoms with van der Waals surface area (Å²) in [6.45, 7) is 5.01. The lowest BCUT2D eigenvalue weighted by molar-refractivity contribution is 0.417. The number of rotatable bonds is 5. The Kier molecular flexibility index (Phi) is 4.88. The van der Waals surface area contributed by atoms with Crippen LogP contribution in [0.25, 0.3) is 0 Å². The molecule has 0 saturated heterocycles. The molecule has 0 aliphatic carbocycles. The zero-order valence-electron chi connectivity index (χ0n) is 8.84. The van der Waals surface area contributed by atoms with E-state index < -0.39 is 0 Å². The van der Waals surface area contributed by atoms with Crippen molar-refractivity contribution in [1.82, 2.24) is 5.32 Å². The third kappa shape index (κ3) is 3.27. The van der Waals surface area contributed by atoms with Crippen LogP contribution < -0.4 is 5.32 Å². The molecule has 0 fully saturated rings. The average molecular weight is 191 g/mol. The van der Waals surface area contributed by atoms with Crippen LogP contribution in [0.5, 0.6) is 0 Å². The van der Waals surface area contributed by atoms with Crippen LogP contribution in [-0.4, -0.2) is 6.54 Å². The fourth-order valence-electron chi connectivity index (χ4n) is 1.29. The molecule has 0 aliphatic rings. The molecule has 0 bridgehead atoms. The van der Waals surface area contributed by atoms with Crippen LogP contribution in [0.4, 0.5) is 0 Å². The molecule has 1 atom stereocenters. The van der Waals surface area contributed by atoms with Crippen molar-refractivity contribution in [2.75, 3.05) is 6.54 Å². The summed E-state index contributed by atoms with van der Waals surface area (Å²) in [5, 5.41) is 3.41. The highest BCUT2D eigenvalue weighted by molar-refractivity contribution is 5.09. The zero-order valence-corrected chi connectivity index (χ0v) is 8.84. The molecule has 1 N–H and O–H groups in total. The van der Waals surface area contributed by atoms with Gasteiger partial charge in [0, 0.05) is 6.42 Å². The SMILES string of the molecule is CC#CCC(NCCC)c1ccco1. The largest absolute Gasteiger partial charge is 0.468 e. The molecule has 2 heteroatoms. The van der Waals surface area contributed by atoms with Gasteiger partial charge in [0.2, 0.25) is 0 Å². The quantitative estimate of drug-likeness (QED) is 0.724. The van der Waals surface area contributed by atoms with E-state index in [1.165, 1.54) is 0 Å². The highest BCUT2D eigenvalue weighted by Crippen LogP contribution is 2.16. The van der Waals surface area contributed by atoms with Gasteiger partial charge in [0.25, 0.3) is 0 Å². The van der Waals surface area contributed by atoms with Gasteiger partial charge in [0.15, 0.2) is 0 Å². The van der Waals surface area contributed by atoms with Crippen molar-refractivity contribution in [3.63, 3.8) is 0 Å². The van der Waals surface area contributed by atoms with Gasteiger partial charge in [-0.1, -0.05) is 6.92 Å². The zero-order chi connectivity index (χ0) is 10.2. The van der Waals surface area contributed by atoms with Gasteiger partial charge in [-0.3, -0.25) is 0 Å². The normalized spacial score (nSPS) is 11.9. The summed E-state index contributed by atoms with van der Waals surface area (Å²) >= 11 is 0. The van der Waals surface area contributed by atoms with Crippen LogP contribution in [0.3, 0.4) is 0 Å². The van der Waals surface area contributed by atoms with Crippen molar-refractivity contribution in [1.29, 1.82) is 0 Å². The molecule has 0 aliphatic heterocycles. The van der Waals surface area contributed by atoms with E-state index in [9.17, 15) is 0 Å². The average Bonchev–Trinajstić information content (AvgIpc) is 2.71. The first-order valence-corrected chi connectivity index (χ1v) is 5.04. The molecule has 1 heterocycles. The molecule has 2 nitrogen and oxygen atoms in total. The lowest BCUT2D eigenvalue weighted by Gasteiger charge is -2.12. The molecule has 0 amide bonds. The highest BCUT2D eigenvalue weighted by Gasteiger charge is 2.11. The number of hydrogen-bond acceptors (Lipinski definition) is 2. The minimum Gasteiger partial charge on any atom is -0.468 e. The third-order valence-electron chi connectivity index (χ3n) is 2.01. The molecule has 76 valence electrons. The van der Waals surface area contributed by atoms with E-state index in [0.29, 0.717) is 0 Å². The Morgan fingerprint density at radius 3 is 3.00 bits per heavy atom. The molecular formula is C12H17NO. The summed E-state index contributed by atoms with van der Waals surface area (Å²) in [6.07, 6.45) is 3.64. The van der Waals surface area contributed by atoms with Gasteiger partial charge >= 0.3 is 0 Å². The summed E-state index contributed by atoms with van der Waals surface area (Å²) in [6, 6.07) is 4.14. The van der Waals surface area contributed by atoms with E-state index in [-0.39, 0.29) is 6.04 Å². The second kappa shape index (κ2) is 6.28. The van der Waals surface area contributed by atoms with Gasteiger partial charge in [0.05, 0.1) is 12.3 Å². The fraction of sp³-hybridized carbons (Fsp3) is 0.500. The van der Waals surface area contributed by atoms with Crippen molar-refractivity contribution < 1.29 is 4.42 Å². The maximum atomic E-state index is 5.36. The Balaban J connectivity index is 2.55. The molecule has 1 unspecified atom stereocenters. The van der Waals surface area contributed by atoms with Crippen LogP contribution >= 0.6 is 0 Å². The molecule has 0 spiro atoms. The molecule has 0 aromatic carbocycles. The first kappa shape index (κ1) is 10.9. The summed E-state index contributed by atoms with van der Waals surface area (Å²) in [4.78, 5) is 0. The highest BCUT2D eigenvalue weighted by atomic mass is 16.3. The fourth-order valence-corrected chi connectivity index (χ4v) is 1.29. The monoisotopic (exact) mass is 191 g/mol. The summed E-state index contributed by atoms with van der Waals surface area (Å²) < 4.78 is 5.36. The standard InChI is InChI=1S/C12H17NO/c1-3-5-7-11(13-9-4-2)12-8-6-10-14-12/h6,8,10-11,13H,4,7,9H2,1-2H3. The Bertz CT molecular complexity index is 292. The molecule has 0 saturated carbocycles. The maximum Gasteiger partial charge on any atom is 0.121 e. The lowest BCUT2D eigenvalue weighted by atomic mass is 10.1. The molecule has 1 aromatic heterocycles. The number of nitrogens with one attached hydrogen (secondary N) is 1. The van der Waals surface area contributed by atoms with E-state index in [1.807, 2.05) is 19.1 Å². The molecule has 0 radical (unpaired) electrons. The van der Waals surface area contributed by atoms with Crippen LogP contribution in [0, 0.1) is 11.8 Å². The summed E-state index contributed by atoms with van der Waals surface area (Å²) in [5.74, 6) is 6.95. The van der Waals surface area contributed by atoms with Gasteiger partial charge in [-0.25, -0.2) is 0 Å². The Labute approximate surface area is 85.7 Å². The summed E-state index contributed by atoms with van der Waals surface area (Å²) in [5.41, 5.74) is 0. The van der Waals surface area contributed by atoms with Crippen LogP contribution in [-0.2, 0) is 0 Å². The van der Waals surface area contributed by atoms with E-state index in [1.54, 1.807) is 6.26 Å². The number of furan rings is 1. The number of hydrogen-bond donors (Lipinski definition) is 1. The van der Waals surface area contributed by atoms with Crippen molar-refractivity contribution in [3.05, 3.63) is 24.2 Å². The second-order valence-electron chi connectivity index (χ2n) is 3.15. The van der Waals surface area contributed by atoms with E-state index in [0.717, 1.165) is 25.1 Å². The minimum absolute atomic E-state index is 0.234. The van der Waals surface area contributed by atoms with E-state index in [2.05, 4.69) is 24.1 Å². The van der Waals surface area contributed by atoms with Crippen molar-refractivity contribution >= 4 is 0 Å². The topological polar surface area (TPSA) is 25.2 Å². The molecule has 1 rings (SSSR count). The van der Waals surface area contributed by atoms with Crippen LogP contribution in [0.15, 0.2) is 22.8 Å². The maximum absolute atomic E-state index is 5.36. The smallest absolute Gasteiger partial charge is 0.121 e. The van der Waals surface area contributed by atoms with E-state index >= 15 is 0 Å². The van der Waals surface area contributed by atoms with Gasteiger partial charge < -0.3 is 9.73 Å². The predicted octanol–water partition coefficient (Wildman–Crippen LogP) is 2.73. The van der Waals surface area contributed by atoms with Crippen molar-refractivity contribution in [3.8, 4) is 11.8 Å². The van der Waals surface area contributed by atoms with Crippen molar-refractivity contribution in [2.45, 2.75) is 32.7 Å². The Hall–Kier alpha value is -1.20. The first-order chi connectivity index (χ1) is 6.88. The van der Waals surface area contributed by atoms with Gasteiger partial charge in [-0.2, -0.15) is 0 Å².